The molecule has 6 nitrogen and oxygen atoms in total. The van der Waals surface area contributed by atoms with Crippen molar-refractivity contribution in [2.75, 3.05) is 24.5 Å². The predicted molar refractivity (Wildman–Crippen MR) is 125 cm³/mol. The van der Waals surface area contributed by atoms with E-state index in [1.54, 1.807) is 0 Å². The number of aryl methyl sites for hydroxylation is 2. The van der Waals surface area contributed by atoms with Crippen molar-refractivity contribution < 1.29 is 8.83 Å². The Bertz CT molecular complexity index is 1180. The Morgan fingerprint density at radius 2 is 1.77 bits per heavy atom. The second kappa shape index (κ2) is 8.59. The normalized spacial score (nSPS) is 16.7. The largest absolute Gasteiger partial charge is 0.429 e. The Labute approximate surface area is 189 Å². The molecule has 4 aromatic rings. The van der Waals surface area contributed by atoms with Gasteiger partial charge in [0.05, 0.1) is 5.52 Å². The van der Waals surface area contributed by atoms with E-state index >= 15 is 0 Å². The first kappa shape index (κ1) is 21.2. The van der Waals surface area contributed by atoms with E-state index in [2.05, 4.69) is 27.1 Å². The van der Waals surface area contributed by atoms with Gasteiger partial charge in [-0.15, -0.1) is 0 Å². The van der Waals surface area contributed by atoms with E-state index < -0.39 is 0 Å². The minimum atomic E-state index is 0.381. The molecule has 1 aliphatic rings. The summed E-state index contributed by atoms with van der Waals surface area (Å²) in [5, 5.41) is 4.80. The molecular formula is C21H22Cl2N4O2S. The van der Waals surface area contributed by atoms with Crippen molar-refractivity contribution >= 4 is 63.6 Å². The van der Waals surface area contributed by atoms with Gasteiger partial charge in [-0.25, -0.2) is 0 Å². The van der Waals surface area contributed by atoms with E-state index in [4.69, 9.17) is 44.3 Å². The standard InChI is InChI=1S/C13H16ClN3O.C8H6ClNOS/c1-8-5-12-11(6-10(8)14)16-13(18-12)17-4-3-15-7-9(17)2;1-4-2-7-6(3-5(4)9)10-8(12)11-7/h5-6,9,15H,3-4,7H2,1-2H3;2-3H,1H3,(H,10,12)/t9-;/m0./s1. The molecule has 0 amide bonds. The summed E-state index contributed by atoms with van der Waals surface area (Å²) >= 11 is 16.8. The van der Waals surface area contributed by atoms with Crippen LogP contribution in [0.4, 0.5) is 6.01 Å². The lowest BCUT2D eigenvalue weighted by Crippen LogP contribution is -2.50. The maximum atomic E-state index is 6.11. The lowest BCUT2D eigenvalue weighted by Gasteiger charge is -2.32. The SMILES string of the molecule is Cc1cc2oc(=S)[nH]c2cc1Cl.Cc1cc2oc(N3CCNC[C@@H]3C)nc2cc1Cl. The number of fused-ring (bicyclic) bond motifs is 2. The van der Waals surface area contributed by atoms with E-state index in [0.29, 0.717) is 16.9 Å². The number of benzene rings is 2. The molecular weight excluding hydrogens is 443 g/mol. The summed E-state index contributed by atoms with van der Waals surface area (Å²) in [5.41, 5.74) is 5.23. The number of aromatic nitrogens is 2. The zero-order valence-electron chi connectivity index (χ0n) is 16.9. The van der Waals surface area contributed by atoms with Crippen molar-refractivity contribution in [3.8, 4) is 0 Å². The van der Waals surface area contributed by atoms with Crippen LogP contribution in [0.3, 0.4) is 0 Å². The minimum Gasteiger partial charge on any atom is -0.429 e. The Balaban J connectivity index is 0.000000158. The van der Waals surface area contributed by atoms with E-state index in [9.17, 15) is 0 Å². The molecule has 0 spiro atoms. The van der Waals surface area contributed by atoms with E-state index in [0.717, 1.165) is 63.0 Å². The van der Waals surface area contributed by atoms with Crippen LogP contribution in [0.1, 0.15) is 18.1 Å². The average molecular weight is 465 g/mol. The summed E-state index contributed by atoms with van der Waals surface area (Å²) in [7, 11) is 0. The van der Waals surface area contributed by atoms with Gasteiger partial charge in [-0.05, 0) is 68.4 Å². The van der Waals surface area contributed by atoms with Crippen LogP contribution in [-0.4, -0.2) is 35.6 Å². The van der Waals surface area contributed by atoms with Crippen LogP contribution < -0.4 is 10.2 Å². The molecule has 9 heteroatoms. The summed E-state index contributed by atoms with van der Waals surface area (Å²) in [6, 6.07) is 8.58. The summed E-state index contributed by atoms with van der Waals surface area (Å²) in [5.74, 6) is 0. The second-order valence-electron chi connectivity index (χ2n) is 7.42. The Morgan fingerprint density at radius 3 is 2.50 bits per heavy atom. The Hall–Kier alpha value is -2.06. The molecule has 5 rings (SSSR count). The number of rotatable bonds is 1. The fraction of sp³-hybridized carbons (Fsp3) is 0.333. The summed E-state index contributed by atoms with van der Waals surface area (Å²) in [6.07, 6.45) is 0. The Morgan fingerprint density at radius 1 is 1.07 bits per heavy atom. The predicted octanol–water partition coefficient (Wildman–Crippen LogP) is 6.04. The maximum Gasteiger partial charge on any atom is 0.298 e. The lowest BCUT2D eigenvalue weighted by atomic mass is 10.2. The highest BCUT2D eigenvalue weighted by molar-refractivity contribution is 7.71. The van der Waals surface area contributed by atoms with Crippen LogP contribution in [-0.2, 0) is 0 Å². The van der Waals surface area contributed by atoms with Crippen molar-refractivity contribution in [3.63, 3.8) is 0 Å². The fourth-order valence-electron chi connectivity index (χ4n) is 3.36. The van der Waals surface area contributed by atoms with Gasteiger partial charge in [0.2, 0.25) is 0 Å². The van der Waals surface area contributed by atoms with Gasteiger partial charge in [-0.3, -0.25) is 0 Å². The van der Waals surface area contributed by atoms with E-state index in [-0.39, 0.29) is 0 Å². The number of oxazole rings is 2. The smallest absolute Gasteiger partial charge is 0.298 e. The molecule has 0 bridgehead atoms. The Kier molecular flexibility index (Phi) is 6.06. The molecule has 3 heterocycles. The lowest BCUT2D eigenvalue weighted by molar-refractivity contribution is 0.456. The van der Waals surface area contributed by atoms with Crippen LogP contribution in [0.5, 0.6) is 0 Å². The summed E-state index contributed by atoms with van der Waals surface area (Å²) < 4.78 is 11.0. The van der Waals surface area contributed by atoms with Crippen molar-refractivity contribution in [1.82, 2.24) is 15.3 Å². The molecule has 1 fully saturated rings. The highest BCUT2D eigenvalue weighted by Crippen LogP contribution is 2.28. The molecule has 1 aliphatic heterocycles. The van der Waals surface area contributed by atoms with Crippen LogP contribution in [0.15, 0.2) is 33.1 Å². The number of hydrogen-bond donors (Lipinski definition) is 2. The van der Waals surface area contributed by atoms with Crippen LogP contribution >= 0.6 is 35.4 Å². The van der Waals surface area contributed by atoms with Crippen LogP contribution in [0.25, 0.3) is 22.2 Å². The van der Waals surface area contributed by atoms with Crippen molar-refractivity contribution in [3.05, 3.63) is 50.3 Å². The highest BCUT2D eigenvalue weighted by atomic mass is 35.5. The third kappa shape index (κ3) is 4.34. The van der Waals surface area contributed by atoms with Gasteiger partial charge < -0.3 is 24.0 Å². The monoisotopic (exact) mass is 464 g/mol. The molecule has 30 heavy (non-hydrogen) atoms. The molecule has 1 saturated heterocycles. The molecule has 158 valence electrons. The van der Waals surface area contributed by atoms with Crippen LogP contribution in [0.2, 0.25) is 10.0 Å². The number of anilines is 1. The van der Waals surface area contributed by atoms with Gasteiger partial charge in [-0.1, -0.05) is 23.2 Å². The van der Waals surface area contributed by atoms with E-state index in [1.165, 1.54) is 0 Å². The van der Waals surface area contributed by atoms with E-state index in [1.807, 2.05) is 38.1 Å². The van der Waals surface area contributed by atoms with Gasteiger partial charge in [0.25, 0.3) is 10.9 Å². The molecule has 0 unspecified atom stereocenters. The zero-order valence-corrected chi connectivity index (χ0v) is 19.2. The number of nitrogens with one attached hydrogen (secondary N) is 2. The topological polar surface area (TPSA) is 70.2 Å². The molecule has 2 N–H and O–H groups in total. The molecule has 0 saturated carbocycles. The zero-order chi connectivity index (χ0) is 21.4. The number of hydrogen-bond acceptors (Lipinski definition) is 6. The minimum absolute atomic E-state index is 0.381. The van der Waals surface area contributed by atoms with Gasteiger partial charge in [0.15, 0.2) is 11.2 Å². The molecule has 2 aromatic heterocycles. The third-order valence-electron chi connectivity index (χ3n) is 5.10. The van der Waals surface area contributed by atoms with Gasteiger partial charge >= 0.3 is 0 Å². The first-order chi connectivity index (χ1) is 14.3. The molecule has 1 atom stereocenters. The van der Waals surface area contributed by atoms with Crippen molar-refractivity contribution in [1.29, 1.82) is 0 Å². The average Bonchev–Trinajstić information content (AvgIpc) is 3.25. The van der Waals surface area contributed by atoms with Gasteiger partial charge in [0, 0.05) is 35.7 Å². The third-order valence-corrected chi connectivity index (χ3v) is 6.10. The van der Waals surface area contributed by atoms with Gasteiger partial charge in [0.1, 0.15) is 5.52 Å². The number of nitrogens with zero attached hydrogens (tertiary/aromatic N) is 2. The second-order valence-corrected chi connectivity index (χ2v) is 8.61. The maximum absolute atomic E-state index is 6.11. The quantitative estimate of drug-likeness (QED) is 0.334. The number of piperazine rings is 1. The van der Waals surface area contributed by atoms with Crippen LogP contribution in [0, 0.1) is 18.7 Å². The van der Waals surface area contributed by atoms with Crippen molar-refractivity contribution in [2.45, 2.75) is 26.8 Å². The number of H-pyrrole nitrogens is 1. The van der Waals surface area contributed by atoms with Crippen molar-refractivity contribution in [2.24, 2.45) is 0 Å². The summed E-state index contributed by atoms with van der Waals surface area (Å²) in [4.78, 5) is 10.0. The first-order valence-corrected chi connectivity index (χ1v) is 10.8. The van der Waals surface area contributed by atoms with Gasteiger partial charge in [-0.2, -0.15) is 4.98 Å². The first-order valence-electron chi connectivity index (χ1n) is 9.65. The highest BCUT2D eigenvalue weighted by Gasteiger charge is 2.22. The fourth-order valence-corrected chi connectivity index (χ4v) is 3.88. The summed E-state index contributed by atoms with van der Waals surface area (Å²) in [6.45, 7) is 8.89. The number of halogens is 2. The molecule has 0 radical (unpaired) electrons. The molecule has 0 aliphatic carbocycles. The molecule has 2 aromatic carbocycles. The number of aromatic amines is 1.